The van der Waals surface area contributed by atoms with Crippen LogP contribution in [0.4, 0.5) is 4.39 Å². The molecule has 0 aliphatic carbocycles. The minimum absolute atomic E-state index is 0.0135. The van der Waals surface area contributed by atoms with Crippen LogP contribution >= 0.6 is 11.3 Å². The largest absolute Gasteiger partial charge is 0.395 e. The van der Waals surface area contributed by atoms with Crippen LogP contribution in [-0.4, -0.2) is 21.7 Å². The monoisotopic (exact) mass is 300 g/mol. The molecule has 2 heterocycles. The van der Waals surface area contributed by atoms with E-state index in [-0.39, 0.29) is 18.3 Å². The average Bonchev–Trinajstić information content (AvgIpc) is 2.99. The summed E-state index contributed by atoms with van der Waals surface area (Å²) in [7, 11) is 0. The molecular weight excluding hydrogens is 287 g/mol. The van der Waals surface area contributed by atoms with E-state index in [1.807, 2.05) is 12.1 Å². The van der Waals surface area contributed by atoms with E-state index in [0.29, 0.717) is 0 Å². The summed E-state index contributed by atoms with van der Waals surface area (Å²) >= 11 is 1.51. The number of halogens is 1. The van der Waals surface area contributed by atoms with E-state index in [4.69, 9.17) is 0 Å². The molecule has 3 aromatic rings. The van der Waals surface area contributed by atoms with Gasteiger partial charge in [-0.25, -0.2) is 9.37 Å². The van der Waals surface area contributed by atoms with Crippen LogP contribution in [0, 0.1) is 5.82 Å². The first-order chi connectivity index (χ1) is 10.3. The summed E-state index contributed by atoms with van der Waals surface area (Å²) in [6.07, 6.45) is 5.16. The number of aliphatic hydroxyl groups is 1. The first-order valence-electron chi connectivity index (χ1n) is 6.50. The van der Waals surface area contributed by atoms with E-state index in [9.17, 15) is 9.50 Å². The van der Waals surface area contributed by atoms with E-state index in [2.05, 4.69) is 9.97 Å². The van der Waals surface area contributed by atoms with Crippen LogP contribution in [-0.2, 0) is 0 Å². The van der Waals surface area contributed by atoms with Crippen LogP contribution in [0.3, 0.4) is 0 Å². The molecule has 106 valence electrons. The summed E-state index contributed by atoms with van der Waals surface area (Å²) in [5.41, 5.74) is 1.90. The molecule has 0 aliphatic heterocycles. The second kappa shape index (κ2) is 6.11. The zero-order chi connectivity index (χ0) is 14.7. The van der Waals surface area contributed by atoms with Gasteiger partial charge < -0.3 is 5.11 Å². The lowest BCUT2D eigenvalue weighted by Gasteiger charge is -2.10. The quantitative estimate of drug-likeness (QED) is 0.802. The summed E-state index contributed by atoms with van der Waals surface area (Å²) in [6.45, 7) is -0.0135. The van der Waals surface area contributed by atoms with Crippen LogP contribution in [0.2, 0.25) is 0 Å². The Kier molecular flexibility index (Phi) is 4.03. The van der Waals surface area contributed by atoms with Crippen molar-refractivity contribution >= 4 is 11.3 Å². The molecule has 1 atom stereocenters. The lowest BCUT2D eigenvalue weighted by Crippen LogP contribution is -2.05. The number of pyridine rings is 1. The molecule has 0 fully saturated rings. The maximum Gasteiger partial charge on any atom is 0.123 e. The van der Waals surface area contributed by atoms with Gasteiger partial charge in [0.1, 0.15) is 10.8 Å². The van der Waals surface area contributed by atoms with Gasteiger partial charge in [0.15, 0.2) is 0 Å². The van der Waals surface area contributed by atoms with E-state index >= 15 is 0 Å². The van der Waals surface area contributed by atoms with Crippen LogP contribution in [0.5, 0.6) is 0 Å². The molecule has 0 spiro atoms. The fraction of sp³-hybridized carbons (Fsp3) is 0.125. The molecule has 5 heteroatoms. The van der Waals surface area contributed by atoms with Crippen molar-refractivity contribution in [2.24, 2.45) is 0 Å². The fourth-order valence-electron chi connectivity index (χ4n) is 2.12. The van der Waals surface area contributed by atoms with Crippen molar-refractivity contribution in [1.82, 2.24) is 9.97 Å². The molecule has 3 nitrogen and oxygen atoms in total. The molecule has 0 aliphatic rings. The van der Waals surface area contributed by atoms with Gasteiger partial charge in [-0.2, -0.15) is 0 Å². The smallest absolute Gasteiger partial charge is 0.123 e. The van der Waals surface area contributed by atoms with Gasteiger partial charge in [0.2, 0.25) is 0 Å². The van der Waals surface area contributed by atoms with Crippen LogP contribution in [0.1, 0.15) is 16.5 Å². The second-order valence-electron chi connectivity index (χ2n) is 4.59. The Morgan fingerprint density at radius 2 is 1.81 bits per heavy atom. The van der Waals surface area contributed by atoms with Crippen LogP contribution in [0.25, 0.3) is 10.4 Å². The third-order valence-corrected chi connectivity index (χ3v) is 4.40. The lowest BCUT2D eigenvalue weighted by molar-refractivity contribution is 0.280. The van der Waals surface area contributed by atoms with Crippen molar-refractivity contribution in [3.8, 4) is 10.4 Å². The molecule has 0 bridgehead atoms. The first-order valence-corrected chi connectivity index (χ1v) is 7.32. The number of aliphatic hydroxyl groups excluding tert-OH is 1. The summed E-state index contributed by atoms with van der Waals surface area (Å²) in [5.74, 6) is -0.416. The molecule has 0 amide bonds. The SMILES string of the molecule is OCC(c1ccncc1)c1ncc(-c2ccc(F)cc2)s1. The van der Waals surface area contributed by atoms with Gasteiger partial charge >= 0.3 is 0 Å². The van der Waals surface area contributed by atoms with Crippen molar-refractivity contribution in [3.63, 3.8) is 0 Å². The summed E-state index contributed by atoms with van der Waals surface area (Å²) in [6, 6.07) is 10.1. The van der Waals surface area contributed by atoms with E-state index in [0.717, 1.165) is 21.0 Å². The molecule has 0 radical (unpaired) electrons. The number of rotatable bonds is 4. The Bertz CT molecular complexity index is 713. The molecule has 3 rings (SSSR count). The number of thiazole rings is 1. The maximum atomic E-state index is 13.0. The Labute approximate surface area is 125 Å². The topological polar surface area (TPSA) is 46.0 Å². The highest BCUT2D eigenvalue weighted by Gasteiger charge is 2.17. The normalized spacial score (nSPS) is 12.3. The van der Waals surface area contributed by atoms with Crippen molar-refractivity contribution in [2.45, 2.75) is 5.92 Å². The Morgan fingerprint density at radius 1 is 1.10 bits per heavy atom. The van der Waals surface area contributed by atoms with Crippen molar-refractivity contribution < 1.29 is 9.50 Å². The predicted molar refractivity (Wildman–Crippen MR) is 80.7 cm³/mol. The van der Waals surface area contributed by atoms with Gasteiger partial charge in [0, 0.05) is 18.6 Å². The Hall–Kier alpha value is -2.11. The summed E-state index contributed by atoms with van der Waals surface area (Å²) in [5, 5.41) is 10.5. The number of aromatic nitrogens is 2. The molecule has 0 saturated heterocycles. The van der Waals surface area contributed by atoms with E-state index < -0.39 is 0 Å². The molecule has 1 unspecified atom stereocenters. The highest BCUT2D eigenvalue weighted by atomic mass is 32.1. The molecular formula is C16H13FN2OS. The van der Waals surface area contributed by atoms with Gasteiger partial charge in [0.05, 0.1) is 17.4 Å². The van der Waals surface area contributed by atoms with Crippen molar-refractivity contribution in [2.75, 3.05) is 6.61 Å². The molecule has 1 aromatic carbocycles. The van der Waals surface area contributed by atoms with Crippen LogP contribution in [0.15, 0.2) is 55.0 Å². The first kappa shape index (κ1) is 13.9. The predicted octanol–water partition coefficient (Wildman–Crippen LogP) is 3.47. The standard InChI is InChI=1S/C16H13FN2OS/c17-13-3-1-12(2-4-13)15-9-19-16(21-15)14(10-20)11-5-7-18-8-6-11/h1-9,14,20H,10H2. The van der Waals surface area contributed by atoms with Crippen molar-refractivity contribution in [1.29, 1.82) is 0 Å². The van der Waals surface area contributed by atoms with Gasteiger partial charge in [-0.05, 0) is 35.4 Å². The summed E-state index contributed by atoms with van der Waals surface area (Å²) in [4.78, 5) is 9.35. The van der Waals surface area contributed by atoms with E-state index in [1.165, 1.54) is 23.5 Å². The summed E-state index contributed by atoms with van der Waals surface area (Å²) < 4.78 is 13.0. The van der Waals surface area contributed by atoms with Crippen LogP contribution < -0.4 is 0 Å². The maximum absolute atomic E-state index is 13.0. The Morgan fingerprint density at radius 3 is 2.48 bits per heavy atom. The zero-order valence-electron chi connectivity index (χ0n) is 11.1. The third-order valence-electron chi connectivity index (χ3n) is 3.24. The molecule has 1 N–H and O–H groups in total. The number of hydrogen-bond acceptors (Lipinski definition) is 4. The van der Waals surface area contributed by atoms with E-state index in [1.54, 1.807) is 30.7 Å². The third kappa shape index (κ3) is 2.99. The highest BCUT2D eigenvalue weighted by molar-refractivity contribution is 7.15. The van der Waals surface area contributed by atoms with Gasteiger partial charge in [-0.1, -0.05) is 12.1 Å². The molecule has 21 heavy (non-hydrogen) atoms. The number of hydrogen-bond donors (Lipinski definition) is 1. The van der Waals surface area contributed by atoms with Crippen molar-refractivity contribution in [3.05, 3.63) is 71.4 Å². The molecule has 0 saturated carbocycles. The lowest BCUT2D eigenvalue weighted by atomic mass is 10.0. The number of nitrogens with zero attached hydrogens (tertiary/aromatic N) is 2. The van der Waals surface area contributed by atoms with Gasteiger partial charge in [0.25, 0.3) is 0 Å². The average molecular weight is 300 g/mol. The van der Waals surface area contributed by atoms with Gasteiger partial charge in [-0.3, -0.25) is 4.98 Å². The second-order valence-corrected chi connectivity index (χ2v) is 5.65. The van der Waals surface area contributed by atoms with Gasteiger partial charge in [-0.15, -0.1) is 11.3 Å². The molecule has 2 aromatic heterocycles. The highest BCUT2D eigenvalue weighted by Crippen LogP contribution is 2.32. The minimum atomic E-state index is -0.256. The minimum Gasteiger partial charge on any atom is -0.395 e. The Balaban J connectivity index is 1.92. The zero-order valence-corrected chi connectivity index (χ0v) is 11.9. The fourth-order valence-corrected chi connectivity index (χ4v) is 3.16. The number of benzene rings is 1.